The van der Waals surface area contributed by atoms with Gasteiger partial charge in [-0.15, -0.1) is 12.6 Å². The minimum atomic E-state index is 0.129. The molecule has 0 atom stereocenters. The molecule has 0 aliphatic rings. The van der Waals surface area contributed by atoms with Crippen molar-refractivity contribution < 1.29 is 5.11 Å². The van der Waals surface area contributed by atoms with Crippen LogP contribution in [0.5, 0.6) is 5.75 Å². The van der Waals surface area contributed by atoms with Crippen LogP contribution in [0.15, 0.2) is 17.2 Å². The summed E-state index contributed by atoms with van der Waals surface area (Å²) in [7, 11) is 0. The highest BCUT2D eigenvalue weighted by Crippen LogP contribution is 2.17. The maximum atomic E-state index is 8.90. The number of rotatable bonds is 0. The van der Waals surface area contributed by atoms with Crippen LogP contribution in [0.25, 0.3) is 0 Å². The van der Waals surface area contributed by atoms with Crippen molar-refractivity contribution in [1.82, 2.24) is 4.98 Å². The van der Waals surface area contributed by atoms with Crippen LogP contribution in [0.1, 0.15) is 5.69 Å². The van der Waals surface area contributed by atoms with E-state index in [2.05, 4.69) is 17.6 Å². The van der Waals surface area contributed by atoms with Crippen LogP contribution in [-0.4, -0.2) is 10.1 Å². The van der Waals surface area contributed by atoms with Crippen LogP contribution in [0.2, 0.25) is 0 Å². The van der Waals surface area contributed by atoms with Gasteiger partial charge < -0.3 is 5.11 Å². The fourth-order valence-corrected chi connectivity index (χ4v) is 0.768. The Bertz CT molecular complexity index is 224. The fourth-order valence-electron chi connectivity index (χ4n) is 0.536. The van der Waals surface area contributed by atoms with Gasteiger partial charge in [-0.3, -0.25) is 0 Å². The van der Waals surface area contributed by atoms with E-state index in [4.69, 9.17) is 5.11 Å². The molecule has 1 aromatic heterocycles. The third kappa shape index (κ3) is 1.36. The van der Waals surface area contributed by atoms with Crippen LogP contribution in [-0.2, 0) is 0 Å². The van der Waals surface area contributed by atoms with Crippen molar-refractivity contribution in [3.63, 3.8) is 0 Å². The molecular weight excluding hydrogens is 134 g/mol. The summed E-state index contributed by atoms with van der Waals surface area (Å²) < 4.78 is 0. The lowest BCUT2D eigenvalue weighted by molar-refractivity contribution is 0.456. The normalized spacial score (nSPS) is 9.56. The van der Waals surface area contributed by atoms with E-state index in [9.17, 15) is 0 Å². The van der Waals surface area contributed by atoms with Gasteiger partial charge in [0.15, 0.2) is 0 Å². The lowest BCUT2D eigenvalue weighted by Gasteiger charge is -1.95. The molecule has 3 heteroatoms. The summed E-state index contributed by atoms with van der Waals surface area (Å²) in [5.74, 6) is 0.129. The van der Waals surface area contributed by atoms with E-state index in [1.54, 1.807) is 12.1 Å². The van der Waals surface area contributed by atoms with Crippen LogP contribution in [0.4, 0.5) is 0 Å². The summed E-state index contributed by atoms with van der Waals surface area (Å²) in [4.78, 5) is 3.89. The van der Waals surface area contributed by atoms with Crippen molar-refractivity contribution in [1.29, 1.82) is 0 Å². The SMILES string of the molecule is Cc1ccc(O)c(S)n1. The molecule has 0 unspecified atom stereocenters. The summed E-state index contributed by atoms with van der Waals surface area (Å²) in [6, 6.07) is 3.31. The molecule has 0 fully saturated rings. The van der Waals surface area contributed by atoms with Crippen molar-refractivity contribution in [2.75, 3.05) is 0 Å². The van der Waals surface area contributed by atoms with E-state index >= 15 is 0 Å². The van der Waals surface area contributed by atoms with Crippen LogP contribution < -0.4 is 0 Å². The van der Waals surface area contributed by atoms with Gasteiger partial charge in [0.25, 0.3) is 0 Å². The van der Waals surface area contributed by atoms with Gasteiger partial charge in [-0.1, -0.05) is 0 Å². The summed E-state index contributed by atoms with van der Waals surface area (Å²) >= 11 is 3.91. The average molecular weight is 141 g/mol. The molecule has 0 spiro atoms. The maximum absolute atomic E-state index is 8.90. The predicted molar refractivity (Wildman–Crippen MR) is 37.9 cm³/mol. The number of aromatic nitrogens is 1. The van der Waals surface area contributed by atoms with E-state index in [1.807, 2.05) is 6.92 Å². The molecule has 0 bridgehead atoms. The first kappa shape index (κ1) is 6.42. The van der Waals surface area contributed by atoms with E-state index in [0.29, 0.717) is 5.03 Å². The van der Waals surface area contributed by atoms with Crippen molar-refractivity contribution >= 4 is 12.6 Å². The molecule has 1 aromatic rings. The van der Waals surface area contributed by atoms with Gasteiger partial charge in [0.1, 0.15) is 10.8 Å². The molecule has 2 nitrogen and oxygen atoms in total. The number of aryl methyl sites for hydroxylation is 1. The van der Waals surface area contributed by atoms with Crippen molar-refractivity contribution in [3.05, 3.63) is 17.8 Å². The fraction of sp³-hybridized carbons (Fsp3) is 0.167. The Morgan fingerprint density at radius 2 is 2.22 bits per heavy atom. The van der Waals surface area contributed by atoms with Crippen LogP contribution >= 0.6 is 12.6 Å². The van der Waals surface area contributed by atoms with Gasteiger partial charge in [0.05, 0.1) is 0 Å². The Morgan fingerprint density at radius 3 is 2.67 bits per heavy atom. The number of nitrogens with zero attached hydrogens (tertiary/aromatic N) is 1. The highest BCUT2D eigenvalue weighted by atomic mass is 32.1. The Balaban J connectivity index is 3.17. The molecule has 1 N–H and O–H groups in total. The molecule has 0 aliphatic heterocycles. The largest absolute Gasteiger partial charge is 0.505 e. The minimum Gasteiger partial charge on any atom is -0.505 e. The topological polar surface area (TPSA) is 33.1 Å². The van der Waals surface area contributed by atoms with E-state index in [0.717, 1.165) is 5.69 Å². The maximum Gasteiger partial charge on any atom is 0.147 e. The molecule has 0 aliphatic carbocycles. The number of aromatic hydroxyl groups is 1. The van der Waals surface area contributed by atoms with Crippen molar-refractivity contribution in [2.45, 2.75) is 11.9 Å². The molecule has 0 saturated carbocycles. The van der Waals surface area contributed by atoms with Gasteiger partial charge in [-0.05, 0) is 19.1 Å². The Hall–Kier alpha value is -0.700. The van der Waals surface area contributed by atoms with E-state index in [1.165, 1.54) is 0 Å². The van der Waals surface area contributed by atoms with Gasteiger partial charge in [0.2, 0.25) is 0 Å². The molecule has 9 heavy (non-hydrogen) atoms. The summed E-state index contributed by atoms with van der Waals surface area (Å²) in [6.45, 7) is 1.85. The molecule has 48 valence electrons. The lowest BCUT2D eigenvalue weighted by Crippen LogP contribution is -1.80. The smallest absolute Gasteiger partial charge is 0.147 e. The van der Waals surface area contributed by atoms with Gasteiger partial charge in [-0.25, -0.2) is 4.98 Å². The first-order valence-electron chi connectivity index (χ1n) is 2.56. The summed E-state index contributed by atoms with van der Waals surface area (Å²) in [6.07, 6.45) is 0. The zero-order valence-corrected chi connectivity index (χ0v) is 5.89. The van der Waals surface area contributed by atoms with Crippen LogP contribution in [0, 0.1) is 6.92 Å². The molecule has 0 aromatic carbocycles. The molecule has 1 heterocycles. The second-order valence-corrected chi connectivity index (χ2v) is 2.22. The van der Waals surface area contributed by atoms with Gasteiger partial charge >= 0.3 is 0 Å². The Morgan fingerprint density at radius 1 is 1.56 bits per heavy atom. The van der Waals surface area contributed by atoms with Crippen molar-refractivity contribution in [2.24, 2.45) is 0 Å². The van der Waals surface area contributed by atoms with E-state index < -0.39 is 0 Å². The summed E-state index contributed by atoms with van der Waals surface area (Å²) in [5, 5.41) is 9.29. The zero-order chi connectivity index (χ0) is 6.85. The summed E-state index contributed by atoms with van der Waals surface area (Å²) in [5.41, 5.74) is 0.859. The standard InChI is InChI=1S/C6H7NOS/c1-4-2-3-5(8)6(9)7-4/h2-3,8H,1H3,(H,7,9). The molecule has 1 rings (SSSR count). The quantitative estimate of drug-likeness (QED) is 0.535. The number of hydrogen-bond donors (Lipinski definition) is 2. The minimum absolute atomic E-state index is 0.129. The predicted octanol–water partition coefficient (Wildman–Crippen LogP) is 1.38. The lowest BCUT2D eigenvalue weighted by atomic mass is 10.4. The number of thiol groups is 1. The highest BCUT2D eigenvalue weighted by molar-refractivity contribution is 7.80. The van der Waals surface area contributed by atoms with Gasteiger partial charge in [0, 0.05) is 5.69 Å². The highest BCUT2D eigenvalue weighted by Gasteiger charge is 1.94. The third-order valence-corrected chi connectivity index (χ3v) is 1.32. The first-order valence-corrected chi connectivity index (χ1v) is 3.00. The number of pyridine rings is 1. The second-order valence-electron chi connectivity index (χ2n) is 1.80. The van der Waals surface area contributed by atoms with Crippen molar-refractivity contribution in [3.8, 4) is 5.75 Å². The van der Waals surface area contributed by atoms with E-state index in [-0.39, 0.29) is 5.75 Å². The number of hydrogen-bond acceptors (Lipinski definition) is 3. The van der Waals surface area contributed by atoms with Crippen LogP contribution in [0.3, 0.4) is 0 Å². The third-order valence-electron chi connectivity index (χ3n) is 0.994. The van der Waals surface area contributed by atoms with Gasteiger partial charge in [-0.2, -0.15) is 0 Å². The molecule has 0 saturated heterocycles. The molecule has 0 amide bonds. The monoisotopic (exact) mass is 141 g/mol. The Kier molecular flexibility index (Phi) is 1.62. The molecular formula is C6H7NOS. The second kappa shape index (κ2) is 2.27. The molecule has 0 radical (unpaired) electrons. The first-order chi connectivity index (χ1) is 4.20. The average Bonchev–Trinajstić information content (AvgIpc) is 1.80. The Labute approximate surface area is 59.0 Å². The zero-order valence-electron chi connectivity index (χ0n) is 5.00.